The zero-order valence-electron chi connectivity index (χ0n) is 13.6. The van der Waals surface area contributed by atoms with Crippen LogP contribution in [0.15, 0.2) is 18.2 Å². The highest BCUT2D eigenvalue weighted by Gasteiger charge is 2.47. The van der Waals surface area contributed by atoms with Crippen LogP contribution in [0.2, 0.25) is 0 Å². The van der Waals surface area contributed by atoms with Crippen molar-refractivity contribution in [2.45, 2.75) is 38.1 Å². The summed E-state index contributed by atoms with van der Waals surface area (Å²) in [5.74, 6) is 1.08. The first kappa shape index (κ1) is 16.5. The van der Waals surface area contributed by atoms with Crippen LogP contribution in [-0.2, 0) is 11.2 Å². The monoisotopic (exact) mass is 336 g/mol. The first-order valence-corrected chi connectivity index (χ1v) is 8.12. The molecule has 0 unspecified atom stereocenters. The number of urea groups is 1. The molecule has 0 spiro atoms. The number of carbonyl (C=O) groups excluding carboxylic acids is 2. The van der Waals surface area contributed by atoms with Crippen LogP contribution in [0.5, 0.6) is 11.5 Å². The normalized spacial score (nSPS) is 22.2. The highest BCUT2D eigenvalue weighted by molar-refractivity contribution is 6.06. The standard InChI is InChI=1S/C17H21FN2O4/c1-17(10-12-5-6-13-14(9-12)24-11-23-13)15(21)20(16(22)19-17)8-4-2-3-7-18/h5-6,9H,2-4,7-8,10-11H2,1H3,(H,19,22)/t17-/m1/s1. The van der Waals surface area contributed by atoms with Crippen molar-refractivity contribution < 1.29 is 23.5 Å². The van der Waals surface area contributed by atoms with Crippen molar-refractivity contribution in [1.29, 1.82) is 0 Å². The van der Waals surface area contributed by atoms with Gasteiger partial charge in [-0.3, -0.25) is 14.1 Å². The molecule has 0 aliphatic carbocycles. The Bertz CT molecular complexity index is 651. The Balaban J connectivity index is 1.66. The molecule has 1 fully saturated rings. The smallest absolute Gasteiger partial charge is 0.325 e. The molecule has 7 heteroatoms. The van der Waals surface area contributed by atoms with E-state index >= 15 is 0 Å². The van der Waals surface area contributed by atoms with E-state index in [4.69, 9.17) is 9.47 Å². The predicted molar refractivity (Wildman–Crippen MR) is 84.7 cm³/mol. The average Bonchev–Trinajstić information content (AvgIpc) is 3.08. The topological polar surface area (TPSA) is 67.9 Å². The van der Waals surface area contributed by atoms with E-state index in [-0.39, 0.29) is 25.4 Å². The molecule has 2 aliphatic rings. The van der Waals surface area contributed by atoms with Gasteiger partial charge in [-0.1, -0.05) is 6.07 Å². The summed E-state index contributed by atoms with van der Waals surface area (Å²) in [6.45, 7) is 1.86. The van der Waals surface area contributed by atoms with Gasteiger partial charge in [-0.15, -0.1) is 0 Å². The maximum Gasteiger partial charge on any atom is 0.325 e. The number of hydrogen-bond acceptors (Lipinski definition) is 4. The van der Waals surface area contributed by atoms with Crippen LogP contribution in [0.1, 0.15) is 31.7 Å². The van der Waals surface area contributed by atoms with Gasteiger partial charge in [-0.2, -0.15) is 0 Å². The lowest BCUT2D eigenvalue weighted by Crippen LogP contribution is -2.46. The van der Waals surface area contributed by atoms with E-state index in [2.05, 4.69) is 5.32 Å². The fraction of sp³-hybridized carbons (Fsp3) is 0.529. The lowest BCUT2D eigenvalue weighted by Gasteiger charge is -2.22. The molecule has 1 N–H and O–H groups in total. The summed E-state index contributed by atoms with van der Waals surface area (Å²) in [6, 6.07) is 5.11. The van der Waals surface area contributed by atoms with Crippen molar-refractivity contribution >= 4 is 11.9 Å². The Morgan fingerprint density at radius 3 is 2.79 bits per heavy atom. The van der Waals surface area contributed by atoms with E-state index in [1.54, 1.807) is 13.0 Å². The molecular weight excluding hydrogens is 315 g/mol. The third-order valence-electron chi connectivity index (χ3n) is 4.36. The predicted octanol–water partition coefficient (Wildman–Crippen LogP) is 2.41. The van der Waals surface area contributed by atoms with Crippen LogP contribution in [-0.4, -0.2) is 42.4 Å². The summed E-state index contributed by atoms with van der Waals surface area (Å²) in [5, 5.41) is 2.78. The minimum atomic E-state index is -0.981. The Kier molecular flexibility index (Phi) is 4.59. The Hall–Kier alpha value is -2.31. The average molecular weight is 336 g/mol. The number of nitrogens with one attached hydrogen (secondary N) is 1. The third kappa shape index (κ3) is 3.16. The van der Waals surface area contributed by atoms with Gasteiger partial charge in [0.1, 0.15) is 5.54 Å². The maximum atomic E-state index is 12.7. The second kappa shape index (κ2) is 6.67. The SMILES string of the molecule is C[C@]1(Cc2ccc3c(c2)OCO3)NC(=O)N(CCCCCF)C1=O. The molecule has 2 heterocycles. The van der Waals surface area contributed by atoms with Gasteiger partial charge in [0.05, 0.1) is 6.67 Å². The number of halogens is 1. The summed E-state index contributed by atoms with van der Waals surface area (Å²) in [7, 11) is 0. The lowest BCUT2D eigenvalue weighted by atomic mass is 9.92. The van der Waals surface area contributed by atoms with Crippen molar-refractivity contribution in [3.05, 3.63) is 23.8 Å². The molecule has 3 amide bonds. The van der Waals surface area contributed by atoms with Crippen LogP contribution < -0.4 is 14.8 Å². The van der Waals surface area contributed by atoms with E-state index in [0.717, 1.165) is 5.56 Å². The minimum absolute atomic E-state index is 0.193. The second-order valence-corrected chi connectivity index (χ2v) is 6.33. The van der Waals surface area contributed by atoms with Crippen LogP contribution in [0.25, 0.3) is 0 Å². The summed E-state index contributed by atoms with van der Waals surface area (Å²) in [6.07, 6.45) is 2.10. The molecule has 6 nitrogen and oxygen atoms in total. The van der Waals surface area contributed by atoms with Gasteiger partial charge in [0.15, 0.2) is 11.5 Å². The van der Waals surface area contributed by atoms with Crippen molar-refractivity contribution in [3.63, 3.8) is 0 Å². The van der Waals surface area contributed by atoms with Gasteiger partial charge in [-0.25, -0.2) is 4.79 Å². The lowest BCUT2D eigenvalue weighted by molar-refractivity contribution is -0.130. The van der Waals surface area contributed by atoms with Gasteiger partial charge in [0.2, 0.25) is 6.79 Å². The highest BCUT2D eigenvalue weighted by atomic mass is 19.1. The minimum Gasteiger partial charge on any atom is -0.454 e. The van der Waals surface area contributed by atoms with Crippen molar-refractivity contribution in [2.24, 2.45) is 0 Å². The number of amides is 3. The number of rotatable bonds is 7. The molecular formula is C17H21FN2O4. The van der Waals surface area contributed by atoms with Crippen molar-refractivity contribution in [1.82, 2.24) is 10.2 Å². The summed E-state index contributed by atoms with van der Waals surface area (Å²) < 4.78 is 22.7. The molecule has 0 saturated carbocycles. The number of ether oxygens (including phenoxy) is 2. The van der Waals surface area contributed by atoms with Crippen molar-refractivity contribution in [2.75, 3.05) is 20.0 Å². The van der Waals surface area contributed by atoms with Gasteiger partial charge in [0.25, 0.3) is 5.91 Å². The van der Waals surface area contributed by atoms with E-state index < -0.39 is 5.54 Å². The van der Waals surface area contributed by atoms with Crippen LogP contribution >= 0.6 is 0 Å². The number of benzene rings is 1. The number of nitrogens with zero attached hydrogens (tertiary/aromatic N) is 1. The quantitative estimate of drug-likeness (QED) is 0.613. The molecule has 0 radical (unpaired) electrons. The first-order valence-electron chi connectivity index (χ1n) is 8.12. The van der Waals surface area contributed by atoms with E-state index in [1.165, 1.54) is 4.90 Å². The van der Waals surface area contributed by atoms with E-state index in [0.29, 0.717) is 43.7 Å². The molecule has 1 atom stereocenters. The molecule has 1 aromatic carbocycles. The number of fused-ring (bicyclic) bond motifs is 1. The fourth-order valence-corrected chi connectivity index (χ4v) is 3.07. The molecule has 2 aliphatic heterocycles. The number of imide groups is 1. The Morgan fingerprint density at radius 2 is 2.00 bits per heavy atom. The molecule has 3 rings (SSSR count). The molecule has 1 aromatic rings. The van der Waals surface area contributed by atoms with Crippen LogP contribution in [0, 0.1) is 0 Å². The number of alkyl halides is 1. The first-order chi connectivity index (χ1) is 11.5. The largest absolute Gasteiger partial charge is 0.454 e. The number of carbonyl (C=O) groups is 2. The zero-order valence-corrected chi connectivity index (χ0v) is 13.6. The molecule has 0 bridgehead atoms. The highest BCUT2D eigenvalue weighted by Crippen LogP contribution is 2.34. The Labute approximate surface area is 139 Å². The van der Waals surface area contributed by atoms with Crippen molar-refractivity contribution in [3.8, 4) is 11.5 Å². The molecule has 0 aromatic heterocycles. The van der Waals surface area contributed by atoms with Gasteiger partial charge < -0.3 is 14.8 Å². The number of hydrogen-bond donors (Lipinski definition) is 1. The molecule has 130 valence electrons. The van der Waals surface area contributed by atoms with Gasteiger partial charge in [-0.05, 0) is 43.9 Å². The van der Waals surface area contributed by atoms with E-state index in [9.17, 15) is 14.0 Å². The number of unbranched alkanes of at least 4 members (excludes halogenated alkanes) is 2. The summed E-state index contributed by atoms with van der Waals surface area (Å²) in [5.41, 5.74) is -0.0973. The maximum absolute atomic E-state index is 12.7. The molecule has 1 saturated heterocycles. The van der Waals surface area contributed by atoms with Crippen LogP contribution in [0.4, 0.5) is 9.18 Å². The Morgan fingerprint density at radius 1 is 1.21 bits per heavy atom. The summed E-state index contributed by atoms with van der Waals surface area (Å²) in [4.78, 5) is 26.0. The fourth-order valence-electron chi connectivity index (χ4n) is 3.07. The van der Waals surface area contributed by atoms with Gasteiger partial charge >= 0.3 is 6.03 Å². The van der Waals surface area contributed by atoms with E-state index in [1.807, 2.05) is 12.1 Å². The van der Waals surface area contributed by atoms with Gasteiger partial charge in [0, 0.05) is 13.0 Å². The summed E-state index contributed by atoms with van der Waals surface area (Å²) >= 11 is 0. The third-order valence-corrected chi connectivity index (χ3v) is 4.36. The molecule has 24 heavy (non-hydrogen) atoms. The van der Waals surface area contributed by atoms with Crippen LogP contribution in [0.3, 0.4) is 0 Å². The zero-order chi connectivity index (χ0) is 17.2. The second-order valence-electron chi connectivity index (χ2n) is 6.33.